The van der Waals surface area contributed by atoms with Crippen molar-refractivity contribution in [3.63, 3.8) is 0 Å². The van der Waals surface area contributed by atoms with E-state index in [9.17, 15) is 9.59 Å². The Morgan fingerprint density at radius 3 is 2.76 bits per heavy atom. The largest absolute Gasteiger partial charge is 0.491 e. The quantitative estimate of drug-likeness (QED) is 0.721. The molecule has 1 aliphatic heterocycles. The third kappa shape index (κ3) is 4.11. The van der Waals surface area contributed by atoms with Gasteiger partial charge in [-0.3, -0.25) is 14.5 Å². The molecular weight excluding hydrogens is 370 g/mol. The number of rotatable bonds is 5. The van der Waals surface area contributed by atoms with Gasteiger partial charge >= 0.3 is 0 Å². The molecule has 1 atom stereocenters. The molecule has 8 nitrogen and oxygen atoms in total. The lowest BCUT2D eigenvalue weighted by atomic mass is 10.1. The first-order chi connectivity index (χ1) is 14.1. The Morgan fingerprint density at radius 2 is 2.00 bits per heavy atom. The summed E-state index contributed by atoms with van der Waals surface area (Å²) in [7, 11) is 0. The average molecular weight is 391 g/mol. The number of aromatic nitrogens is 3. The van der Waals surface area contributed by atoms with Crippen LogP contribution in [0.15, 0.2) is 61.2 Å². The highest BCUT2D eigenvalue weighted by molar-refractivity contribution is 6.00. The number of amides is 2. The van der Waals surface area contributed by atoms with Gasteiger partial charge in [-0.2, -0.15) is 5.10 Å². The zero-order valence-corrected chi connectivity index (χ0v) is 16.0. The molecule has 1 aromatic heterocycles. The number of para-hydroxylation sites is 2. The van der Waals surface area contributed by atoms with Crippen molar-refractivity contribution < 1.29 is 14.3 Å². The Balaban J connectivity index is 1.43. The molecule has 2 aromatic carbocycles. The van der Waals surface area contributed by atoms with Crippen LogP contribution in [-0.4, -0.2) is 39.7 Å². The Labute approximate surface area is 168 Å². The second-order valence-corrected chi connectivity index (χ2v) is 6.77. The summed E-state index contributed by atoms with van der Waals surface area (Å²) in [6, 6.07) is 14.8. The number of nitrogens with zero attached hydrogens (tertiary/aromatic N) is 4. The van der Waals surface area contributed by atoms with E-state index in [4.69, 9.17) is 4.74 Å². The van der Waals surface area contributed by atoms with Gasteiger partial charge in [-0.1, -0.05) is 24.3 Å². The predicted molar refractivity (Wildman–Crippen MR) is 107 cm³/mol. The molecule has 0 spiro atoms. The fourth-order valence-corrected chi connectivity index (χ4v) is 3.26. The number of fused-ring (bicyclic) bond motifs is 1. The van der Waals surface area contributed by atoms with E-state index in [0.717, 1.165) is 11.3 Å². The molecule has 2 heterocycles. The van der Waals surface area contributed by atoms with Crippen LogP contribution in [0.4, 0.5) is 5.69 Å². The summed E-state index contributed by atoms with van der Waals surface area (Å²) in [6.07, 6.45) is 3.34. The number of hydrogen-bond donors (Lipinski definition) is 1. The van der Waals surface area contributed by atoms with Crippen molar-refractivity contribution in [1.29, 1.82) is 0 Å². The van der Waals surface area contributed by atoms with Crippen molar-refractivity contribution in [2.24, 2.45) is 0 Å². The van der Waals surface area contributed by atoms with Gasteiger partial charge in [0.2, 0.25) is 11.8 Å². The molecule has 1 unspecified atom stereocenters. The van der Waals surface area contributed by atoms with Crippen LogP contribution in [0.25, 0.3) is 5.69 Å². The number of nitrogens with one attached hydrogen (secondary N) is 1. The minimum Gasteiger partial charge on any atom is -0.491 e. The van der Waals surface area contributed by atoms with Gasteiger partial charge < -0.3 is 10.1 Å². The highest BCUT2D eigenvalue weighted by Crippen LogP contribution is 2.30. The molecule has 4 rings (SSSR count). The van der Waals surface area contributed by atoms with Crippen LogP contribution >= 0.6 is 0 Å². The second-order valence-electron chi connectivity index (χ2n) is 6.77. The lowest BCUT2D eigenvalue weighted by molar-refractivity contribution is -0.124. The van der Waals surface area contributed by atoms with Gasteiger partial charge in [0.1, 0.15) is 24.9 Å². The zero-order chi connectivity index (χ0) is 20.2. The number of hydrogen-bond acceptors (Lipinski definition) is 5. The summed E-state index contributed by atoms with van der Waals surface area (Å²) < 4.78 is 7.28. The van der Waals surface area contributed by atoms with E-state index in [1.807, 2.05) is 43.3 Å². The van der Waals surface area contributed by atoms with E-state index in [0.29, 0.717) is 18.0 Å². The molecule has 0 fully saturated rings. The van der Waals surface area contributed by atoms with Gasteiger partial charge in [-0.05, 0) is 36.8 Å². The fraction of sp³-hybridized carbons (Fsp3) is 0.238. The maximum atomic E-state index is 12.6. The molecule has 1 N–H and O–H groups in total. The number of benzene rings is 2. The zero-order valence-electron chi connectivity index (χ0n) is 16.0. The van der Waals surface area contributed by atoms with Gasteiger partial charge in [0.05, 0.1) is 30.4 Å². The standard InChI is InChI=1S/C21H21N5O3/c1-15(16-6-8-17(9-7-16)26-14-22-13-23-26)24-20(27)12-25-18-4-2-3-5-19(18)29-11-10-21(25)28/h2-9,13-15H,10-12H2,1H3,(H,24,27). The van der Waals surface area contributed by atoms with Crippen LogP contribution in [0.2, 0.25) is 0 Å². The van der Waals surface area contributed by atoms with Crippen molar-refractivity contribution in [3.8, 4) is 11.4 Å². The maximum absolute atomic E-state index is 12.6. The summed E-state index contributed by atoms with van der Waals surface area (Å²) in [6.45, 7) is 2.16. The monoisotopic (exact) mass is 391 g/mol. The van der Waals surface area contributed by atoms with Crippen molar-refractivity contribution >= 4 is 17.5 Å². The molecular formula is C21H21N5O3. The molecule has 148 valence electrons. The van der Waals surface area contributed by atoms with Crippen molar-refractivity contribution in [1.82, 2.24) is 20.1 Å². The molecule has 3 aromatic rings. The minimum absolute atomic E-state index is 0.0550. The minimum atomic E-state index is -0.233. The molecule has 8 heteroatoms. The van der Waals surface area contributed by atoms with E-state index < -0.39 is 0 Å². The van der Waals surface area contributed by atoms with Crippen LogP contribution in [0.5, 0.6) is 5.75 Å². The number of anilines is 1. The molecule has 0 saturated carbocycles. The van der Waals surface area contributed by atoms with Crippen molar-refractivity contribution in [2.75, 3.05) is 18.1 Å². The van der Waals surface area contributed by atoms with Crippen LogP contribution in [0, 0.1) is 0 Å². The van der Waals surface area contributed by atoms with E-state index in [1.54, 1.807) is 23.1 Å². The van der Waals surface area contributed by atoms with Crippen LogP contribution in [-0.2, 0) is 9.59 Å². The van der Waals surface area contributed by atoms with E-state index >= 15 is 0 Å². The Kier molecular flexibility index (Phi) is 5.24. The highest BCUT2D eigenvalue weighted by atomic mass is 16.5. The molecule has 0 bridgehead atoms. The lowest BCUT2D eigenvalue weighted by Crippen LogP contribution is -2.41. The lowest BCUT2D eigenvalue weighted by Gasteiger charge is -2.23. The normalized spacial score (nSPS) is 14.5. The van der Waals surface area contributed by atoms with Gasteiger partial charge in [-0.15, -0.1) is 0 Å². The van der Waals surface area contributed by atoms with Crippen molar-refractivity contribution in [2.45, 2.75) is 19.4 Å². The maximum Gasteiger partial charge on any atom is 0.240 e. The Morgan fingerprint density at radius 1 is 1.21 bits per heavy atom. The van der Waals surface area contributed by atoms with Crippen LogP contribution in [0.1, 0.15) is 24.9 Å². The van der Waals surface area contributed by atoms with Crippen molar-refractivity contribution in [3.05, 3.63) is 66.7 Å². The molecule has 0 saturated heterocycles. The summed E-state index contributed by atoms with van der Waals surface area (Å²) in [5.74, 6) is 0.251. The first-order valence-corrected chi connectivity index (χ1v) is 9.38. The second kappa shape index (κ2) is 8.14. The van der Waals surface area contributed by atoms with E-state index in [2.05, 4.69) is 15.4 Å². The number of carbonyl (C=O) groups is 2. The topological polar surface area (TPSA) is 89.4 Å². The SMILES string of the molecule is CC(NC(=O)CN1C(=O)CCOc2ccccc21)c1ccc(-n2cncn2)cc1. The molecule has 0 radical (unpaired) electrons. The highest BCUT2D eigenvalue weighted by Gasteiger charge is 2.25. The fourth-order valence-electron chi connectivity index (χ4n) is 3.26. The summed E-state index contributed by atoms with van der Waals surface area (Å²) in [5.41, 5.74) is 2.46. The smallest absolute Gasteiger partial charge is 0.240 e. The van der Waals surface area contributed by atoms with Crippen LogP contribution in [0.3, 0.4) is 0 Å². The van der Waals surface area contributed by atoms with Gasteiger partial charge in [0.15, 0.2) is 0 Å². The molecule has 29 heavy (non-hydrogen) atoms. The number of ether oxygens (including phenoxy) is 1. The predicted octanol–water partition coefficient (Wildman–Crippen LogP) is 2.26. The number of carbonyl (C=O) groups excluding carboxylic acids is 2. The first kappa shape index (κ1) is 18.7. The first-order valence-electron chi connectivity index (χ1n) is 9.38. The molecule has 2 amide bonds. The third-order valence-electron chi connectivity index (χ3n) is 4.79. The Bertz CT molecular complexity index is 1000. The van der Waals surface area contributed by atoms with E-state index in [-0.39, 0.29) is 30.8 Å². The summed E-state index contributed by atoms with van der Waals surface area (Å²) in [5, 5.41) is 7.06. The molecule has 0 aliphatic carbocycles. The Hall–Kier alpha value is -3.68. The van der Waals surface area contributed by atoms with Gasteiger partial charge in [0, 0.05) is 0 Å². The van der Waals surface area contributed by atoms with Crippen LogP contribution < -0.4 is 15.0 Å². The van der Waals surface area contributed by atoms with Gasteiger partial charge in [0.25, 0.3) is 0 Å². The third-order valence-corrected chi connectivity index (χ3v) is 4.79. The van der Waals surface area contributed by atoms with E-state index in [1.165, 1.54) is 11.2 Å². The summed E-state index contributed by atoms with van der Waals surface area (Å²) >= 11 is 0. The molecule has 1 aliphatic rings. The van der Waals surface area contributed by atoms with Gasteiger partial charge in [-0.25, -0.2) is 9.67 Å². The average Bonchev–Trinajstić information content (AvgIpc) is 3.22. The summed E-state index contributed by atoms with van der Waals surface area (Å²) in [4.78, 5) is 30.5.